The number of amides is 1. The molecule has 0 aliphatic heterocycles. The minimum absolute atomic E-state index is 0.0562. The zero-order valence-electron chi connectivity index (χ0n) is 16.1. The molecule has 0 aromatic heterocycles. The van der Waals surface area contributed by atoms with Gasteiger partial charge >= 0.3 is 17.8 Å². The molecule has 1 atom stereocenters. The van der Waals surface area contributed by atoms with Crippen molar-refractivity contribution in [2.45, 2.75) is 23.7 Å². The van der Waals surface area contributed by atoms with E-state index >= 15 is 0 Å². The van der Waals surface area contributed by atoms with Gasteiger partial charge in [-0.15, -0.1) is 0 Å². The fraction of sp³-hybridized carbons (Fsp3) is 0.222. The molecule has 0 fully saturated rings. The second kappa shape index (κ2) is 9.32. The van der Waals surface area contributed by atoms with Crippen LogP contribution in [0.4, 0.5) is 18.9 Å². The number of hydrogen-bond acceptors (Lipinski definition) is 7. The fourth-order valence-electron chi connectivity index (χ4n) is 2.36. The Morgan fingerprint density at radius 1 is 1.03 bits per heavy atom. The Morgan fingerprint density at radius 2 is 1.61 bits per heavy atom. The van der Waals surface area contributed by atoms with Crippen molar-refractivity contribution in [2.75, 3.05) is 12.0 Å². The second-order valence-corrected chi connectivity index (χ2v) is 7.67. The summed E-state index contributed by atoms with van der Waals surface area (Å²) in [6.07, 6.45) is -5.34. The first-order valence-electron chi connectivity index (χ1n) is 8.68. The van der Waals surface area contributed by atoms with E-state index in [9.17, 15) is 31.2 Å². The number of nitrogens with two attached hydrogens (primary N) is 1. The molecule has 0 spiro atoms. The highest BCUT2D eigenvalue weighted by Crippen LogP contribution is 2.30. The summed E-state index contributed by atoms with van der Waals surface area (Å²) in [4.78, 5) is 24.5. The van der Waals surface area contributed by atoms with Gasteiger partial charge in [-0.3, -0.25) is 4.79 Å². The Hall–Kier alpha value is -3.16. The van der Waals surface area contributed by atoms with Crippen LogP contribution in [0, 0.1) is 0 Å². The Bertz CT molecular complexity index is 1030. The SMILES string of the molecule is CCOC(=O)[C@](NNc1ccc(S(N)(=O)=O)cc1)(NC(=O)c1ccccc1)C(F)(F)F. The number of carbonyl (C=O) groups excluding carboxylic acids is 2. The van der Waals surface area contributed by atoms with E-state index in [-0.39, 0.29) is 22.8 Å². The van der Waals surface area contributed by atoms with Crippen molar-refractivity contribution >= 4 is 27.6 Å². The number of primary sulfonamides is 1. The first-order valence-corrected chi connectivity index (χ1v) is 10.2. The molecule has 0 unspecified atom stereocenters. The maximum atomic E-state index is 14.0. The van der Waals surface area contributed by atoms with Crippen LogP contribution < -0.4 is 21.3 Å². The maximum absolute atomic E-state index is 14.0. The molecule has 0 radical (unpaired) electrons. The number of hydrazine groups is 1. The Morgan fingerprint density at radius 3 is 2.10 bits per heavy atom. The molecular weight excluding hydrogens is 441 g/mol. The highest BCUT2D eigenvalue weighted by Gasteiger charge is 2.63. The average molecular weight is 460 g/mol. The van der Waals surface area contributed by atoms with Gasteiger partial charge in [0.2, 0.25) is 10.0 Å². The highest BCUT2D eigenvalue weighted by molar-refractivity contribution is 7.89. The van der Waals surface area contributed by atoms with E-state index in [1.54, 1.807) is 16.8 Å². The molecule has 0 heterocycles. The molecule has 2 aromatic rings. The maximum Gasteiger partial charge on any atom is 0.438 e. The van der Waals surface area contributed by atoms with Gasteiger partial charge in [0.15, 0.2) is 0 Å². The van der Waals surface area contributed by atoms with E-state index in [1.165, 1.54) is 31.2 Å². The summed E-state index contributed by atoms with van der Waals surface area (Å²) >= 11 is 0. The third-order valence-electron chi connectivity index (χ3n) is 3.92. The molecule has 168 valence electrons. The van der Waals surface area contributed by atoms with Crippen molar-refractivity contribution < 1.29 is 35.9 Å². The Kier molecular flexibility index (Phi) is 7.25. The van der Waals surface area contributed by atoms with E-state index in [4.69, 9.17) is 5.14 Å². The van der Waals surface area contributed by atoms with Crippen molar-refractivity contribution in [3.8, 4) is 0 Å². The second-order valence-electron chi connectivity index (χ2n) is 6.11. The van der Waals surface area contributed by atoms with Gasteiger partial charge in [0, 0.05) is 11.3 Å². The van der Waals surface area contributed by atoms with Crippen molar-refractivity contribution in [3.63, 3.8) is 0 Å². The smallest absolute Gasteiger partial charge is 0.438 e. The summed E-state index contributed by atoms with van der Waals surface area (Å²) in [6, 6.07) is 11.3. The number of carbonyl (C=O) groups is 2. The molecule has 2 rings (SSSR count). The van der Waals surface area contributed by atoms with Crippen molar-refractivity contribution in [1.29, 1.82) is 0 Å². The summed E-state index contributed by atoms with van der Waals surface area (Å²) in [5.41, 5.74) is 0.0769. The van der Waals surface area contributed by atoms with Gasteiger partial charge < -0.3 is 15.5 Å². The number of anilines is 1. The molecule has 0 aliphatic rings. The lowest BCUT2D eigenvalue weighted by Gasteiger charge is -2.35. The van der Waals surface area contributed by atoms with Crippen LogP contribution in [-0.4, -0.2) is 38.7 Å². The first kappa shape index (κ1) is 24.1. The topological polar surface area (TPSA) is 140 Å². The van der Waals surface area contributed by atoms with Gasteiger partial charge in [-0.25, -0.2) is 18.4 Å². The van der Waals surface area contributed by atoms with Crippen molar-refractivity contribution in [3.05, 3.63) is 60.2 Å². The quantitative estimate of drug-likeness (QED) is 0.266. The largest absolute Gasteiger partial charge is 0.463 e. The summed E-state index contributed by atoms with van der Waals surface area (Å²) in [5, 5.41) is 6.62. The number of rotatable bonds is 8. The molecule has 2 aromatic carbocycles. The van der Waals surface area contributed by atoms with Crippen LogP contribution in [0.15, 0.2) is 59.5 Å². The molecule has 31 heavy (non-hydrogen) atoms. The Labute approximate surface area is 175 Å². The predicted octanol–water partition coefficient (Wildman–Crippen LogP) is 1.50. The van der Waals surface area contributed by atoms with Crippen molar-refractivity contribution in [1.82, 2.24) is 10.7 Å². The number of halogens is 3. The molecule has 0 bridgehead atoms. The van der Waals surface area contributed by atoms with E-state index in [0.717, 1.165) is 24.3 Å². The van der Waals surface area contributed by atoms with Gasteiger partial charge in [-0.2, -0.15) is 18.6 Å². The number of ether oxygens (including phenoxy) is 1. The Balaban J connectivity index is 2.38. The molecule has 0 saturated heterocycles. The van der Waals surface area contributed by atoms with Crippen LogP contribution in [0.3, 0.4) is 0 Å². The van der Waals surface area contributed by atoms with Crippen LogP contribution >= 0.6 is 0 Å². The number of alkyl halides is 3. The number of esters is 1. The minimum Gasteiger partial charge on any atom is -0.463 e. The number of benzene rings is 2. The van der Waals surface area contributed by atoms with Gasteiger partial charge in [0.05, 0.1) is 11.5 Å². The molecule has 0 saturated carbocycles. The monoisotopic (exact) mass is 460 g/mol. The normalized spacial score (nSPS) is 13.7. The number of nitrogens with one attached hydrogen (secondary N) is 3. The van der Waals surface area contributed by atoms with E-state index in [0.29, 0.717) is 0 Å². The first-order chi connectivity index (χ1) is 14.4. The van der Waals surface area contributed by atoms with Crippen molar-refractivity contribution in [2.24, 2.45) is 5.14 Å². The zero-order valence-corrected chi connectivity index (χ0v) is 16.9. The summed E-state index contributed by atoms with van der Waals surface area (Å²) in [7, 11) is -4.01. The average Bonchev–Trinajstić information content (AvgIpc) is 2.70. The predicted molar refractivity (Wildman–Crippen MR) is 104 cm³/mol. The van der Waals surface area contributed by atoms with E-state index < -0.39 is 33.7 Å². The van der Waals surface area contributed by atoms with Crippen LogP contribution in [0.1, 0.15) is 17.3 Å². The zero-order chi connectivity index (χ0) is 23.3. The lowest BCUT2D eigenvalue weighted by molar-refractivity contribution is -0.217. The number of sulfonamides is 1. The van der Waals surface area contributed by atoms with E-state index in [1.807, 2.05) is 0 Å². The fourth-order valence-corrected chi connectivity index (χ4v) is 2.87. The summed E-state index contributed by atoms with van der Waals surface area (Å²) < 4.78 is 69.2. The molecule has 1 amide bonds. The molecule has 9 nitrogen and oxygen atoms in total. The van der Waals surface area contributed by atoms with Gasteiger partial charge in [0.1, 0.15) is 0 Å². The van der Waals surface area contributed by atoms with Crippen LogP contribution in [0.2, 0.25) is 0 Å². The lowest BCUT2D eigenvalue weighted by Crippen LogP contribution is -2.73. The van der Waals surface area contributed by atoms with Crippen LogP contribution in [-0.2, 0) is 19.6 Å². The number of hydrogen-bond donors (Lipinski definition) is 4. The van der Waals surface area contributed by atoms with E-state index in [2.05, 4.69) is 10.2 Å². The summed E-state index contributed by atoms with van der Waals surface area (Å²) in [5.74, 6) is -3.00. The molecule has 5 N–H and O–H groups in total. The highest BCUT2D eigenvalue weighted by atomic mass is 32.2. The van der Waals surface area contributed by atoms with Gasteiger partial charge in [-0.1, -0.05) is 18.2 Å². The van der Waals surface area contributed by atoms with Crippen LogP contribution in [0.5, 0.6) is 0 Å². The summed E-state index contributed by atoms with van der Waals surface area (Å²) in [6.45, 7) is 0.917. The van der Waals surface area contributed by atoms with Crippen LogP contribution in [0.25, 0.3) is 0 Å². The standard InChI is InChI=1S/C18H19F3N4O5S/c1-2-30-16(27)17(18(19,20)21,23-15(26)12-6-4-3-5-7-12)25-24-13-8-10-14(11-9-13)31(22,28)29/h3-11,24-25H,2H2,1H3,(H,23,26)(H2,22,28,29)/t17-/m1/s1. The molecular formula is C18H19F3N4O5S. The van der Waals surface area contributed by atoms with Gasteiger partial charge in [-0.05, 0) is 43.3 Å². The third-order valence-corrected chi connectivity index (χ3v) is 4.85. The lowest BCUT2D eigenvalue weighted by atomic mass is 10.1. The minimum atomic E-state index is -5.34. The molecule has 13 heteroatoms. The molecule has 0 aliphatic carbocycles. The third kappa shape index (κ3) is 5.71. The van der Waals surface area contributed by atoms with Gasteiger partial charge in [0.25, 0.3) is 5.91 Å².